The van der Waals surface area contributed by atoms with Gasteiger partial charge in [0.15, 0.2) is 11.6 Å². The Morgan fingerprint density at radius 3 is 2.67 bits per heavy atom. The van der Waals surface area contributed by atoms with E-state index in [-0.39, 0.29) is 5.75 Å². The smallest absolute Gasteiger partial charge is 0.167 e. The second kappa shape index (κ2) is 3.30. The maximum Gasteiger partial charge on any atom is 0.167 e. The van der Waals surface area contributed by atoms with Crippen molar-refractivity contribution in [1.82, 2.24) is 0 Å². The van der Waals surface area contributed by atoms with Crippen LogP contribution in [0, 0.1) is 5.82 Å². The number of rotatable bonds is 2. The fraction of sp³-hybridized carbons (Fsp3) is 0.250. The van der Waals surface area contributed by atoms with Crippen LogP contribution in [-0.4, -0.2) is 14.2 Å². The Labute approximate surface area is 70.3 Å². The van der Waals surface area contributed by atoms with Crippen molar-refractivity contribution in [3.8, 4) is 5.75 Å². The van der Waals surface area contributed by atoms with Gasteiger partial charge < -0.3 is 15.8 Å². The highest BCUT2D eigenvalue weighted by molar-refractivity contribution is 5.68. The molecule has 0 saturated heterocycles. The van der Waals surface area contributed by atoms with E-state index in [1.807, 2.05) is 0 Å². The first kappa shape index (κ1) is 8.64. The Balaban J connectivity index is 3.16. The summed E-state index contributed by atoms with van der Waals surface area (Å²) in [6.45, 7) is 0. The van der Waals surface area contributed by atoms with E-state index in [4.69, 9.17) is 10.5 Å². The third-order valence-corrected chi connectivity index (χ3v) is 1.59. The van der Waals surface area contributed by atoms with Gasteiger partial charge in [0.25, 0.3) is 0 Å². The van der Waals surface area contributed by atoms with E-state index < -0.39 is 5.82 Å². The molecule has 0 atom stereocenters. The van der Waals surface area contributed by atoms with E-state index in [0.29, 0.717) is 11.4 Å². The minimum atomic E-state index is -0.420. The SMILES string of the molecule is CNc1cc(F)c(OC)cc1N. The summed E-state index contributed by atoms with van der Waals surface area (Å²) >= 11 is 0. The first-order valence-electron chi connectivity index (χ1n) is 3.49. The van der Waals surface area contributed by atoms with Crippen LogP contribution in [0.1, 0.15) is 0 Å². The number of nitrogens with one attached hydrogen (secondary N) is 1. The lowest BCUT2D eigenvalue weighted by atomic mass is 10.2. The van der Waals surface area contributed by atoms with Crippen molar-refractivity contribution in [3.05, 3.63) is 17.9 Å². The normalized spacial score (nSPS) is 9.58. The summed E-state index contributed by atoms with van der Waals surface area (Å²) in [5.74, 6) is -0.262. The van der Waals surface area contributed by atoms with Crippen molar-refractivity contribution >= 4 is 11.4 Å². The summed E-state index contributed by atoms with van der Waals surface area (Å²) in [5, 5.41) is 2.77. The van der Waals surface area contributed by atoms with Crippen LogP contribution in [0.25, 0.3) is 0 Å². The Hall–Kier alpha value is -1.45. The number of hydrogen-bond acceptors (Lipinski definition) is 3. The lowest BCUT2D eigenvalue weighted by molar-refractivity contribution is 0.387. The van der Waals surface area contributed by atoms with E-state index in [1.165, 1.54) is 19.2 Å². The van der Waals surface area contributed by atoms with Crippen molar-refractivity contribution in [2.75, 3.05) is 25.2 Å². The second-order valence-electron chi connectivity index (χ2n) is 2.32. The number of benzene rings is 1. The highest BCUT2D eigenvalue weighted by Gasteiger charge is 2.06. The monoisotopic (exact) mass is 170 g/mol. The van der Waals surface area contributed by atoms with Gasteiger partial charge in [-0.15, -0.1) is 0 Å². The van der Waals surface area contributed by atoms with Gasteiger partial charge in [-0.05, 0) is 0 Å². The molecule has 1 aromatic carbocycles. The number of nitrogen functional groups attached to an aromatic ring is 1. The zero-order valence-electron chi connectivity index (χ0n) is 7.02. The number of ether oxygens (including phenoxy) is 1. The first-order valence-corrected chi connectivity index (χ1v) is 3.49. The summed E-state index contributed by atoms with van der Waals surface area (Å²) in [6.07, 6.45) is 0. The molecular formula is C8H11FN2O. The van der Waals surface area contributed by atoms with Crippen molar-refractivity contribution in [3.63, 3.8) is 0 Å². The number of nitrogens with two attached hydrogens (primary N) is 1. The van der Waals surface area contributed by atoms with Crippen molar-refractivity contribution in [2.45, 2.75) is 0 Å². The maximum absolute atomic E-state index is 13.0. The topological polar surface area (TPSA) is 47.3 Å². The Morgan fingerprint density at radius 2 is 2.17 bits per heavy atom. The summed E-state index contributed by atoms with van der Waals surface area (Å²) in [4.78, 5) is 0. The van der Waals surface area contributed by atoms with Crippen LogP contribution in [0.15, 0.2) is 12.1 Å². The summed E-state index contributed by atoms with van der Waals surface area (Å²) in [7, 11) is 3.08. The molecule has 0 unspecified atom stereocenters. The third-order valence-electron chi connectivity index (χ3n) is 1.59. The average Bonchev–Trinajstić information content (AvgIpc) is 2.08. The molecule has 1 rings (SSSR count). The molecule has 0 aromatic heterocycles. The average molecular weight is 170 g/mol. The fourth-order valence-electron chi connectivity index (χ4n) is 0.942. The van der Waals surface area contributed by atoms with Crippen LogP contribution in [0.2, 0.25) is 0 Å². The zero-order valence-corrected chi connectivity index (χ0v) is 7.02. The quantitative estimate of drug-likeness (QED) is 0.660. The summed E-state index contributed by atoms with van der Waals surface area (Å²) in [5.41, 5.74) is 6.60. The molecule has 66 valence electrons. The minimum absolute atomic E-state index is 0.159. The Morgan fingerprint density at radius 1 is 1.50 bits per heavy atom. The molecule has 3 N–H and O–H groups in total. The molecule has 4 heteroatoms. The molecule has 1 aromatic rings. The molecule has 0 saturated carbocycles. The van der Waals surface area contributed by atoms with Gasteiger partial charge in [-0.1, -0.05) is 0 Å². The van der Waals surface area contributed by atoms with Crippen LogP contribution in [-0.2, 0) is 0 Å². The Kier molecular flexibility index (Phi) is 2.38. The third kappa shape index (κ3) is 1.42. The van der Waals surface area contributed by atoms with Crippen LogP contribution < -0.4 is 15.8 Å². The van der Waals surface area contributed by atoms with Gasteiger partial charge in [-0.25, -0.2) is 4.39 Å². The van der Waals surface area contributed by atoms with Crippen LogP contribution in [0.3, 0.4) is 0 Å². The molecular weight excluding hydrogens is 159 g/mol. The molecule has 0 bridgehead atoms. The van der Waals surface area contributed by atoms with E-state index in [0.717, 1.165) is 0 Å². The molecule has 0 aliphatic carbocycles. The fourth-order valence-corrected chi connectivity index (χ4v) is 0.942. The molecule has 0 spiro atoms. The van der Waals surface area contributed by atoms with Gasteiger partial charge in [0, 0.05) is 19.2 Å². The molecule has 0 heterocycles. The number of halogens is 1. The largest absolute Gasteiger partial charge is 0.494 e. The first-order chi connectivity index (χ1) is 5.69. The molecule has 0 aliphatic rings. The zero-order chi connectivity index (χ0) is 9.14. The molecule has 0 aliphatic heterocycles. The molecule has 0 fully saturated rings. The second-order valence-corrected chi connectivity index (χ2v) is 2.32. The number of hydrogen-bond donors (Lipinski definition) is 2. The van der Waals surface area contributed by atoms with E-state index in [1.54, 1.807) is 7.05 Å². The van der Waals surface area contributed by atoms with E-state index >= 15 is 0 Å². The van der Waals surface area contributed by atoms with Crippen LogP contribution in [0.5, 0.6) is 5.75 Å². The van der Waals surface area contributed by atoms with Gasteiger partial charge in [0.1, 0.15) is 0 Å². The van der Waals surface area contributed by atoms with Gasteiger partial charge in [-0.2, -0.15) is 0 Å². The molecule has 3 nitrogen and oxygen atoms in total. The van der Waals surface area contributed by atoms with E-state index in [9.17, 15) is 4.39 Å². The van der Waals surface area contributed by atoms with Crippen LogP contribution >= 0.6 is 0 Å². The molecule has 0 radical (unpaired) electrons. The van der Waals surface area contributed by atoms with Crippen molar-refractivity contribution in [2.24, 2.45) is 0 Å². The van der Waals surface area contributed by atoms with Gasteiger partial charge in [-0.3, -0.25) is 0 Å². The molecule has 12 heavy (non-hydrogen) atoms. The van der Waals surface area contributed by atoms with Gasteiger partial charge in [0.2, 0.25) is 0 Å². The molecule has 0 amide bonds. The summed E-state index contributed by atoms with van der Waals surface area (Å²) < 4.78 is 17.7. The lowest BCUT2D eigenvalue weighted by Crippen LogP contribution is -1.98. The summed E-state index contributed by atoms with van der Waals surface area (Å²) in [6, 6.07) is 2.75. The maximum atomic E-state index is 13.0. The number of methoxy groups -OCH3 is 1. The minimum Gasteiger partial charge on any atom is -0.494 e. The standard InChI is InChI=1S/C8H11FN2O/c1-11-7-3-5(9)8(12-2)4-6(7)10/h3-4,11H,10H2,1-2H3. The van der Waals surface area contributed by atoms with E-state index in [2.05, 4.69) is 5.32 Å². The predicted molar refractivity (Wildman–Crippen MR) is 46.9 cm³/mol. The highest BCUT2D eigenvalue weighted by Crippen LogP contribution is 2.26. The lowest BCUT2D eigenvalue weighted by Gasteiger charge is -2.07. The Bertz CT molecular complexity index is 259. The van der Waals surface area contributed by atoms with Crippen LogP contribution in [0.4, 0.5) is 15.8 Å². The van der Waals surface area contributed by atoms with Crippen molar-refractivity contribution < 1.29 is 9.13 Å². The van der Waals surface area contributed by atoms with Gasteiger partial charge in [0.05, 0.1) is 18.5 Å². The number of anilines is 2. The van der Waals surface area contributed by atoms with Crippen molar-refractivity contribution in [1.29, 1.82) is 0 Å². The van der Waals surface area contributed by atoms with Gasteiger partial charge >= 0.3 is 0 Å². The highest BCUT2D eigenvalue weighted by atomic mass is 19.1. The predicted octanol–water partition coefficient (Wildman–Crippen LogP) is 1.46.